The molecule has 0 aliphatic rings. The second kappa shape index (κ2) is 3.89. The van der Waals surface area contributed by atoms with Crippen LogP contribution in [0.1, 0.15) is 23.9 Å². The summed E-state index contributed by atoms with van der Waals surface area (Å²) in [4.78, 5) is 21.7. The molecular weight excluding hydrogens is 172 g/mol. The number of carbonyl (C=O) groups excluding carboxylic acids is 1. The molecule has 1 aromatic heterocycles. The van der Waals surface area contributed by atoms with E-state index in [1.54, 1.807) is 13.0 Å². The van der Waals surface area contributed by atoms with Gasteiger partial charge in [0.2, 0.25) is 5.78 Å². The highest BCUT2D eigenvalue weighted by atomic mass is 16.4. The summed E-state index contributed by atoms with van der Waals surface area (Å²) in [6.07, 6.45) is 1.22. The number of carboxylic acid groups (broad SMARTS) is 1. The number of hydrogen-bond donors (Lipinski definition) is 1. The van der Waals surface area contributed by atoms with Crippen molar-refractivity contribution in [3.8, 4) is 0 Å². The Labute approximate surface area is 75.2 Å². The molecule has 1 unspecified atom stereocenters. The molecular formula is C9H10O4. The van der Waals surface area contributed by atoms with Crippen molar-refractivity contribution in [3.05, 3.63) is 24.2 Å². The summed E-state index contributed by atoms with van der Waals surface area (Å²) in [7, 11) is 0. The standard InChI is InChI=1S/C9H10O4/c1-6(5-8(10)11)9(12)7-3-2-4-13-7/h2-4,6H,5H2,1H3,(H,10,11). The fraction of sp³-hybridized carbons (Fsp3) is 0.333. The van der Waals surface area contributed by atoms with E-state index in [4.69, 9.17) is 9.52 Å². The summed E-state index contributed by atoms with van der Waals surface area (Å²) in [5.41, 5.74) is 0. The lowest BCUT2D eigenvalue weighted by molar-refractivity contribution is -0.137. The molecule has 1 rings (SSSR count). The third-order valence-electron chi connectivity index (χ3n) is 1.69. The highest BCUT2D eigenvalue weighted by Gasteiger charge is 2.19. The van der Waals surface area contributed by atoms with Gasteiger partial charge in [-0.3, -0.25) is 9.59 Å². The zero-order valence-electron chi connectivity index (χ0n) is 7.19. The SMILES string of the molecule is CC(CC(=O)O)C(=O)c1ccco1. The Morgan fingerprint density at radius 1 is 1.62 bits per heavy atom. The van der Waals surface area contributed by atoms with Crippen LogP contribution in [0.3, 0.4) is 0 Å². The predicted molar refractivity (Wildman–Crippen MR) is 44.5 cm³/mol. The van der Waals surface area contributed by atoms with Crippen molar-refractivity contribution in [2.75, 3.05) is 0 Å². The molecule has 0 amide bonds. The molecule has 1 heterocycles. The van der Waals surface area contributed by atoms with Crippen LogP contribution in [-0.4, -0.2) is 16.9 Å². The van der Waals surface area contributed by atoms with Gasteiger partial charge >= 0.3 is 5.97 Å². The van der Waals surface area contributed by atoms with Crippen LogP contribution in [0.2, 0.25) is 0 Å². The highest BCUT2D eigenvalue weighted by Crippen LogP contribution is 2.12. The van der Waals surface area contributed by atoms with Crippen molar-refractivity contribution in [3.63, 3.8) is 0 Å². The van der Waals surface area contributed by atoms with Crippen LogP contribution in [0, 0.1) is 5.92 Å². The molecule has 1 aromatic rings. The first kappa shape index (κ1) is 9.51. The lowest BCUT2D eigenvalue weighted by atomic mass is 10.0. The van der Waals surface area contributed by atoms with Gasteiger partial charge < -0.3 is 9.52 Å². The summed E-state index contributed by atoms with van der Waals surface area (Å²) in [6, 6.07) is 3.13. The van der Waals surface area contributed by atoms with Crippen LogP contribution < -0.4 is 0 Å². The maximum Gasteiger partial charge on any atom is 0.304 e. The largest absolute Gasteiger partial charge is 0.481 e. The zero-order chi connectivity index (χ0) is 9.84. The van der Waals surface area contributed by atoms with Crippen molar-refractivity contribution in [2.45, 2.75) is 13.3 Å². The van der Waals surface area contributed by atoms with Crippen LogP contribution in [0.4, 0.5) is 0 Å². The molecule has 0 saturated carbocycles. The minimum absolute atomic E-state index is 0.167. The molecule has 0 radical (unpaired) electrons. The first-order valence-electron chi connectivity index (χ1n) is 3.90. The Kier molecular flexibility index (Phi) is 2.84. The minimum Gasteiger partial charge on any atom is -0.481 e. The van der Waals surface area contributed by atoms with E-state index in [0.717, 1.165) is 0 Å². The van der Waals surface area contributed by atoms with Gasteiger partial charge in [0.15, 0.2) is 5.76 Å². The molecule has 4 nitrogen and oxygen atoms in total. The fourth-order valence-corrected chi connectivity index (χ4v) is 1.02. The van der Waals surface area contributed by atoms with Crippen LogP contribution in [0.25, 0.3) is 0 Å². The predicted octanol–water partition coefficient (Wildman–Crippen LogP) is 1.57. The Morgan fingerprint density at radius 2 is 2.31 bits per heavy atom. The van der Waals surface area contributed by atoms with Crippen molar-refractivity contribution in [1.82, 2.24) is 0 Å². The first-order valence-corrected chi connectivity index (χ1v) is 3.90. The average molecular weight is 182 g/mol. The maximum absolute atomic E-state index is 11.4. The zero-order valence-corrected chi connectivity index (χ0v) is 7.19. The molecule has 13 heavy (non-hydrogen) atoms. The van der Waals surface area contributed by atoms with E-state index in [0.29, 0.717) is 0 Å². The van der Waals surface area contributed by atoms with Gasteiger partial charge in [0.05, 0.1) is 12.7 Å². The maximum atomic E-state index is 11.4. The van der Waals surface area contributed by atoms with Crippen LogP contribution in [-0.2, 0) is 4.79 Å². The average Bonchev–Trinajstić information content (AvgIpc) is 2.53. The van der Waals surface area contributed by atoms with E-state index in [2.05, 4.69) is 0 Å². The number of ketones is 1. The Balaban J connectivity index is 2.63. The quantitative estimate of drug-likeness (QED) is 0.717. The topological polar surface area (TPSA) is 67.5 Å². The van der Waals surface area contributed by atoms with Gasteiger partial charge in [0.25, 0.3) is 0 Å². The van der Waals surface area contributed by atoms with Gasteiger partial charge in [0, 0.05) is 5.92 Å². The molecule has 70 valence electrons. The molecule has 0 saturated heterocycles. The highest BCUT2D eigenvalue weighted by molar-refractivity contribution is 5.96. The molecule has 0 aromatic carbocycles. The molecule has 0 spiro atoms. The molecule has 1 atom stereocenters. The molecule has 0 aliphatic heterocycles. The van der Waals surface area contributed by atoms with Gasteiger partial charge in [-0.25, -0.2) is 0 Å². The number of Topliss-reactive ketones (excluding diaryl/α,β-unsaturated/α-hetero) is 1. The normalized spacial score (nSPS) is 12.4. The molecule has 0 aliphatic carbocycles. The second-order valence-electron chi connectivity index (χ2n) is 2.84. The summed E-state index contributed by atoms with van der Waals surface area (Å²) in [5.74, 6) is -1.57. The van der Waals surface area contributed by atoms with Crippen molar-refractivity contribution in [2.24, 2.45) is 5.92 Å². The van der Waals surface area contributed by atoms with Crippen LogP contribution in [0.15, 0.2) is 22.8 Å². The number of carbonyl (C=O) groups is 2. The van der Waals surface area contributed by atoms with Gasteiger partial charge in [-0.05, 0) is 12.1 Å². The first-order chi connectivity index (χ1) is 6.11. The number of carboxylic acids is 1. The van der Waals surface area contributed by atoms with E-state index < -0.39 is 11.9 Å². The van der Waals surface area contributed by atoms with E-state index in [-0.39, 0.29) is 18.0 Å². The van der Waals surface area contributed by atoms with Gasteiger partial charge in [-0.15, -0.1) is 0 Å². The Bertz CT molecular complexity index is 299. The number of aliphatic carboxylic acids is 1. The molecule has 0 bridgehead atoms. The lowest BCUT2D eigenvalue weighted by Gasteiger charge is -2.03. The monoisotopic (exact) mass is 182 g/mol. The number of furan rings is 1. The Morgan fingerprint density at radius 3 is 2.77 bits per heavy atom. The van der Waals surface area contributed by atoms with Gasteiger partial charge in [0.1, 0.15) is 0 Å². The van der Waals surface area contributed by atoms with Crippen molar-refractivity contribution < 1.29 is 19.1 Å². The number of rotatable bonds is 4. The van der Waals surface area contributed by atoms with Gasteiger partial charge in [-0.2, -0.15) is 0 Å². The third-order valence-corrected chi connectivity index (χ3v) is 1.69. The summed E-state index contributed by atoms with van der Waals surface area (Å²) in [6.45, 7) is 1.57. The summed E-state index contributed by atoms with van der Waals surface area (Å²) < 4.78 is 4.86. The fourth-order valence-electron chi connectivity index (χ4n) is 1.02. The molecule has 0 fully saturated rings. The van der Waals surface area contributed by atoms with E-state index in [1.165, 1.54) is 12.3 Å². The van der Waals surface area contributed by atoms with Crippen LogP contribution >= 0.6 is 0 Å². The van der Waals surface area contributed by atoms with Gasteiger partial charge in [-0.1, -0.05) is 6.92 Å². The van der Waals surface area contributed by atoms with E-state index >= 15 is 0 Å². The molecule has 4 heteroatoms. The summed E-state index contributed by atoms with van der Waals surface area (Å²) in [5, 5.41) is 8.45. The summed E-state index contributed by atoms with van der Waals surface area (Å²) >= 11 is 0. The lowest BCUT2D eigenvalue weighted by Crippen LogP contribution is -2.14. The Hall–Kier alpha value is -1.58. The van der Waals surface area contributed by atoms with Crippen LogP contribution in [0.5, 0.6) is 0 Å². The van der Waals surface area contributed by atoms with E-state index in [1.807, 2.05) is 0 Å². The minimum atomic E-state index is -0.979. The number of hydrogen-bond acceptors (Lipinski definition) is 3. The smallest absolute Gasteiger partial charge is 0.304 e. The van der Waals surface area contributed by atoms with E-state index in [9.17, 15) is 9.59 Å². The second-order valence-corrected chi connectivity index (χ2v) is 2.84. The van der Waals surface area contributed by atoms with Crippen molar-refractivity contribution in [1.29, 1.82) is 0 Å². The molecule has 1 N–H and O–H groups in total. The third kappa shape index (κ3) is 2.43. The van der Waals surface area contributed by atoms with Crippen molar-refractivity contribution >= 4 is 11.8 Å².